The number of rotatable bonds is 6. The monoisotopic (exact) mass is 537 g/mol. The standard InChI is InChI=1S/C36H30B3N3/c1-7-19-31(20-8-1)37-40(34-25-13-4-14-26-34)38(32-21-9-2-10-22-32)42(36-29-17-6-18-30-36)39(33-23-11-3-12-24-33)41(37)35-27-15-5-16-28-35/h1-30H. The highest BCUT2D eigenvalue weighted by molar-refractivity contribution is 7.14. The number of anilines is 3. The number of benzene rings is 6. The van der Waals surface area contributed by atoms with Gasteiger partial charge in [0.15, 0.2) is 0 Å². The van der Waals surface area contributed by atoms with Gasteiger partial charge in [-0.05, 0) is 52.8 Å². The van der Waals surface area contributed by atoms with Gasteiger partial charge in [-0.15, -0.1) is 0 Å². The average molecular weight is 537 g/mol. The van der Waals surface area contributed by atoms with Crippen molar-refractivity contribution in [3.05, 3.63) is 182 Å². The highest BCUT2D eigenvalue weighted by Gasteiger charge is 2.55. The first kappa shape index (κ1) is 25.9. The van der Waals surface area contributed by atoms with Crippen molar-refractivity contribution < 1.29 is 0 Å². The molecule has 1 aliphatic heterocycles. The van der Waals surface area contributed by atoms with Gasteiger partial charge < -0.3 is 14.2 Å². The Labute approximate surface area is 250 Å². The fourth-order valence-electron chi connectivity index (χ4n) is 6.29. The molecule has 6 aromatic carbocycles. The van der Waals surface area contributed by atoms with E-state index >= 15 is 0 Å². The van der Waals surface area contributed by atoms with Crippen LogP contribution in [0.5, 0.6) is 0 Å². The molecule has 1 aliphatic rings. The Kier molecular flexibility index (Phi) is 7.26. The van der Waals surface area contributed by atoms with Crippen molar-refractivity contribution in [2.75, 3.05) is 14.2 Å². The van der Waals surface area contributed by atoms with Crippen LogP contribution in [0.15, 0.2) is 182 Å². The van der Waals surface area contributed by atoms with Crippen molar-refractivity contribution in [3.8, 4) is 0 Å². The van der Waals surface area contributed by atoms with Crippen LogP contribution in [0.25, 0.3) is 0 Å². The van der Waals surface area contributed by atoms with E-state index in [-0.39, 0.29) is 20.9 Å². The fourth-order valence-corrected chi connectivity index (χ4v) is 6.29. The molecule has 0 aromatic heterocycles. The van der Waals surface area contributed by atoms with E-state index in [1.54, 1.807) is 0 Å². The first-order valence-electron chi connectivity index (χ1n) is 14.6. The summed E-state index contributed by atoms with van der Waals surface area (Å²) < 4.78 is 7.76. The van der Waals surface area contributed by atoms with Crippen LogP contribution in [0.4, 0.5) is 17.1 Å². The SMILES string of the molecule is c1ccc(B2N(c3ccccc3)B(c3ccccc3)N(c3ccccc3)B(c3ccccc3)N2c2ccccc2)cc1. The molecule has 0 unspecified atom stereocenters. The Morgan fingerprint density at radius 3 is 0.643 bits per heavy atom. The summed E-state index contributed by atoms with van der Waals surface area (Å²) in [5.74, 6) is 0. The molecule has 0 saturated carbocycles. The largest absolute Gasteiger partial charge is 0.416 e. The molecule has 1 heterocycles. The van der Waals surface area contributed by atoms with Crippen LogP contribution in [0, 0.1) is 0 Å². The van der Waals surface area contributed by atoms with Gasteiger partial charge in [0.1, 0.15) is 0 Å². The van der Waals surface area contributed by atoms with Gasteiger partial charge in [-0.2, -0.15) is 0 Å². The van der Waals surface area contributed by atoms with E-state index in [0.29, 0.717) is 0 Å². The van der Waals surface area contributed by atoms with Gasteiger partial charge in [0.25, 0.3) is 0 Å². The van der Waals surface area contributed by atoms with Crippen molar-refractivity contribution >= 4 is 54.4 Å². The first-order valence-corrected chi connectivity index (χ1v) is 14.6. The van der Waals surface area contributed by atoms with Crippen LogP contribution in [0.3, 0.4) is 0 Å². The fraction of sp³-hybridized carbons (Fsp3) is 0. The molecule has 0 atom stereocenters. The molecule has 0 radical (unpaired) electrons. The van der Waals surface area contributed by atoms with E-state index in [4.69, 9.17) is 0 Å². The van der Waals surface area contributed by atoms with Gasteiger partial charge in [-0.1, -0.05) is 146 Å². The van der Waals surface area contributed by atoms with Gasteiger partial charge in [-0.25, -0.2) is 0 Å². The average Bonchev–Trinajstić information content (AvgIpc) is 3.09. The summed E-state index contributed by atoms with van der Waals surface area (Å²) >= 11 is 0. The maximum absolute atomic E-state index is 2.59. The third kappa shape index (κ3) is 4.86. The summed E-state index contributed by atoms with van der Waals surface area (Å²) in [6, 6.07) is 65.4. The van der Waals surface area contributed by atoms with E-state index < -0.39 is 0 Å². The highest BCUT2D eigenvalue weighted by atomic mass is 15.3. The zero-order valence-electron chi connectivity index (χ0n) is 23.4. The van der Waals surface area contributed by atoms with E-state index in [1.165, 1.54) is 16.4 Å². The van der Waals surface area contributed by atoms with Crippen LogP contribution < -0.4 is 30.6 Å². The zero-order chi connectivity index (χ0) is 28.1. The van der Waals surface area contributed by atoms with Crippen molar-refractivity contribution in [1.82, 2.24) is 0 Å². The van der Waals surface area contributed by atoms with Gasteiger partial charge in [0.05, 0.1) is 0 Å². The molecular formula is C36H30B3N3. The van der Waals surface area contributed by atoms with Crippen LogP contribution in [-0.2, 0) is 0 Å². The Morgan fingerprint density at radius 2 is 0.429 bits per heavy atom. The molecule has 6 aromatic rings. The van der Waals surface area contributed by atoms with Gasteiger partial charge in [0.2, 0.25) is 0 Å². The van der Waals surface area contributed by atoms with Crippen molar-refractivity contribution in [2.24, 2.45) is 0 Å². The normalized spacial score (nSPS) is 13.4. The molecule has 6 heteroatoms. The summed E-state index contributed by atoms with van der Waals surface area (Å²) in [5.41, 5.74) is 7.19. The lowest BCUT2D eigenvalue weighted by Gasteiger charge is -2.57. The second-order valence-corrected chi connectivity index (χ2v) is 10.6. The molecule has 0 spiro atoms. The predicted molar refractivity (Wildman–Crippen MR) is 182 cm³/mol. The minimum absolute atomic E-state index is 0.105. The van der Waals surface area contributed by atoms with Gasteiger partial charge in [0, 0.05) is 17.1 Å². The molecule has 1 saturated heterocycles. The van der Waals surface area contributed by atoms with Crippen LogP contribution >= 0.6 is 0 Å². The maximum Gasteiger partial charge on any atom is 0.388 e. The lowest BCUT2D eigenvalue weighted by Crippen LogP contribution is -2.86. The molecule has 1 fully saturated rings. The zero-order valence-corrected chi connectivity index (χ0v) is 23.4. The third-order valence-corrected chi connectivity index (χ3v) is 8.04. The topological polar surface area (TPSA) is 9.72 Å². The lowest BCUT2D eigenvalue weighted by atomic mass is 9.37. The Morgan fingerprint density at radius 1 is 0.238 bits per heavy atom. The summed E-state index contributed by atoms with van der Waals surface area (Å²) in [6.07, 6.45) is 0. The highest BCUT2D eigenvalue weighted by Crippen LogP contribution is 2.33. The predicted octanol–water partition coefficient (Wildman–Crippen LogP) is 5.71. The summed E-state index contributed by atoms with van der Waals surface area (Å²) in [5, 5.41) is 0. The first-order chi connectivity index (χ1) is 20.9. The molecule has 0 N–H and O–H groups in total. The molecule has 42 heavy (non-hydrogen) atoms. The number of hydrogen-bond acceptors (Lipinski definition) is 3. The maximum atomic E-state index is 2.59. The molecule has 198 valence electrons. The summed E-state index contributed by atoms with van der Waals surface area (Å²) in [6.45, 7) is -0.316. The van der Waals surface area contributed by atoms with Crippen molar-refractivity contribution in [3.63, 3.8) is 0 Å². The second kappa shape index (κ2) is 11.8. The van der Waals surface area contributed by atoms with Crippen molar-refractivity contribution in [2.45, 2.75) is 0 Å². The van der Waals surface area contributed by atoms with Gasteiger partial charge >= 0.3 is 20.9 Å². The van der Waals surface area contributed by atoms with Crippen LogP contribution in [-0.4, -0.2) is 20.9 Å². The number of hydrogen-bond donors (Lipinski definition) is 0. The van der Waals surface area contributed by atoms with Gasteiger partial charge in [-0.3, -0.25) is 0 Å². The Bertz CT molecular complexity index is 1340. The van der Waals surface area contributed by atoms with E-state index in [9.17, 15) is 0 Å². The molecule has 0 aliphatic carbocycles. The molecule has 7 rings (SSSR count). The summed E-state index contributed by atoms with van der Waals surface area (Å²) in [7, 11) is 0. The van der Waals surface area contributed by atoms with Crippen molar-refractivity contribution in [1.29, 1.82) is 0 Å². The minimum Gasteiger partial charge on any atom is -0.416 e. The Balaban J connectivity index is 1.59. The van der Waals surface area contributed by atoms with E-state index in [1.807, 2.05) is 0 Å². The molecular weight excluding hydrogens is 507 g/mol. The quantitative estimate of drug-likeness (QED) is 0.253. The smallest absolute Gasteiger partial charge is 0.388 e. The minimum atomic E-state index is -0.105. The molecule has 3 nitrogen and oxygen atoms in total. The van der Waals surface area contributed by atoms with E-state index in [2.05, 4.69) is 196 Å². The van der Waals surface area contributed by atoms with Crippen LogP contribution in [0.2, 0.25) is 0 Å². The number of nitrogens with zero attached hydrogens (tertiary/aromatic N) is 3. The molecule has 0 bridgehead atoms. The van der Waals surface area contributed by atoms with Crippen LogP contribution in [0.1, 0.15) is 0 Å². The summed E-state index contributed by atoms with van der Waals surface area (Å²) in [4.78, 5) is 0. The van der Waals surface area contributed by atoms with E-state index in [0.717, 1.165) is 17.1 Å². The number of para-hydroxylation sites is 3. The second-order valence-electron chi connectivity index (χ2n) is 10.6. The third-order valence-electron chi connectivity index (χ3n) is 8.04. The molecule has 0 amide bonds. The Hall–Kier alpha value is -5.09. The lowest BCUT2D eigenvalue weighted by molar-refractivity contribution is 1.29.